The quantitative estimate of drug-likeness (QED) is 0.762. The van der Waals surface area contributed by atoms with Crippen LogP contribution in [0.4, 0.5) is 0 Å². The summed E-state index contributed by atoms with van der Waals surface area (Å²) in [5.41, 5.74) is 5.43. The van der Waals surface area contributed by atoms with E-state index in [-0.39, 0.29) is 10.9 Å². The van der Waals surface area contributed by atoms with E-state index in [9.17, 15) is 8.42 Å². The van der Waals surface area contributed by atoms with Crippen molar-refractivity contribution in [2.45, 2.75) is 37.2 Å². The number of aryl methyl sites for hydroxylation is 1. The molecule has 0 bridgehead atoms. The number of nitrogens with zero attached hydrogens (tertiary/aromatic N) is 2. The third kappa shape index (κ3) is 4.63. The fourth-order valence-electron chi connectivity index (χ4n) is 1.96. The highest BCUT2D eigenvalue weighted by Crippen LogP contribution is 2.13. The first-order valence-electron chi connectivity index (χ1n) is 6.78. The largest absolute Gasteiger partial charge is 0.330 e. The number of nitrogens with one attached hydrogen (secondary N) is 1. The third-order valence-electron chi connectivity index (χ3n) is 2.95. The molecule has 3 N–H and O–H groups in total. The molecule has 2 aromatic heterocycles. The lowest BCUT2D eigenvalue weighted by atomic mass is 10.2. The van der Waals surface area contributed by atoms with Gasteiger partial charge in [-0.2, -0.15) is 5.10 Å². The standard InChI is InChI=1S/C13H20N4O2S2/c1-11(8-12-4-2-7-20-12)16-21(18,19)13-9-15-17(10-13)6-3-5-14/h2,4,7,9-11,16H,3,5-6,8,14H2,1H3. The van der Waals surface area contributed by atoms with Gasteiger partial charge >= 0.3 is 0 Å². The molecular formula is C13H20N4O2S2. The van der Waals surface area contributed by atoms with E-state index in [4.69, 9.17) is 5.73 Å². The van der Waals surface area contributed by atoms with Gasteiger partial charge < -0.3 is 5.73 Å². The van der Waals surface area contributed by atoms with Crippen molar-refractivity contribution in [2.75, 3.05) is 6.54 Å². The maximum absolute atomic E-state index is 12.3. The lowest BCUT2D eigenvalue weighted by Gasteiger charge is -2.12. The molecule has 0 amide bonds. The minimum atomic E-state index is -3.53. The summed E-state index contributed by atoms with van der Waals surface area (Å²) in [5.74, 6) is 0. The molecule has 0 saturated carbocycles. The Morgan fingerprint density at radius 2 is 2.33 bits per heavy atom. The van der Waals surface area contributed by atoms with Crippen LogP contribution in [-0.4, -0.2) is 30.8 Å². The summed E-state index contributed by atoms with van der Waals surface area (Å²) in [6, 6.07) is 3.80. The minimum absolute atomic E-state index is 0.166. The summed E-state index contributed by atoms with van der Waals surface area (Å²) in [6.45, 7) is 3.03. The van der Waals surface area contributed by atoms with Crippen LogP contribution in [0, 0.1) is 0 Å². The lowest BCUT2D eigenvalue weighted by Crippen LogP contribution is -2.33. The Labute approximate surface area is 129 Å². The molecule has 21 heavy (non-hydrogen) atoms. The number of sulfonamides is 1. The maximum atomic E-state index is 12.3. The molecule has 0 saturated heterocycles. The molecule has 0 aliphatic rings. The molecule has 0 spiro atoms. The number of rotatable bonds is 8. The van der Waals surface area contributed by atoms with Crippen LogP contribution >= 0.6 is 11.3 Å². The Balaban J connectivity index is 1.98. The lowest BCUT2D eigenvalue weighted by molar-refractivity contribution is 0.559. The summed E-state index contributed by atoms with van der Waals surface area (Å²) in [6.07, 6.45) is 4.36. The van der Waals surface area contributed by atoms with Gasteiger partial charge in [0.2, 0.25) is 10.0 Å². The smallest absolute Gasteiger partial charge is 0.243 e. The van der Waals surface area contributed by atoms with Gasteiger partial charge in [-0.05, 0) is 37.8 Å². The molecule has 0 aliphatic heterocycles. The second kappa shape index (κ2) is 7.17. The van der Waals surface area contributed by atoms with E-state index in [2.05, 4.69) is 9.82 Å². The molecule has 6 nitrogen and oxygen atoms in total. The second-order valence-corrected chi connectivity index (χ2v) is 7.63. The van der Waals surface area contributed by atoms with Crippen molar-refractivity contribution < 1.29 is 8.42 Å². The molecule has 116 valence electrons. The highest BCUT2D eigenvalue weighted by Gasteiger charge is 2.19. The maximum Gasteiger partial charge on any atom is 0.243 e. The van der Waals surface area contributed by atoms with Crippen molar-refractivity contribution >= 4 is 21.4 Å². The zero-order valence-corrected chi connectivity index (χ0v) is 13.5. The summed E-state index contributed by atoms with van der Waals surface area (Å²) >= 11 is 1.62. The molecule has 2 heterocycles. The zero-order valence-electron chi connectivity index (χ0n) is 11.9. The first-order chi connectivity index (χ1) is 10.0. The average molecular weight is 328 g/mol. The number of hydrogen-bond acceptors (Lipinski definition) is 5. The van der Waals surface area contributed by atoms with Gasteiger partial charge in [-0.1, -0.05) is 6.07 Å². The van der Waals surface area contributed by atoms with Gasteiger partial charge in [0.25, 0.3) is 0 Å². The molecule has 0 aliphatic carbocycles. The van der Waals surface area contributed by atoms with Crippen LogP contribution in [0.25, 0.3) is 0 Å². The molecule has 1 unspecified atom stereocenters. The van der Waals surface area contributed by atoms with Crippen LogP contribution in [0.2, 0.25) is 0 Å². The molecule has 2 aromatic rings. The number of hydrogen-bond donors (Lipinski definition) is 2. The van der Waals surface area contributed by atoms with Gasteiger partial charge in [-0.25, -0.2) is 13.1 Å². The predicted molar refractivity (Wildman–Crippen MR) is 83.7 cm³/mol. The Morgan fingerprint density at radius 3 is 3.00 bits per heavy atom. The fraction of sp³-hybridized carbons (Fsp3) is 0.462. The highest BCUT2D eigenvalue weighted by atomic mass is 32.2. The van der Waals surface area contributed by atoms with E-state index < -0.39 is 10.0 Å². The summed E-state index contributed by atoms with van der Waals surface area (Å²) in [5, 5.41) is 6.03. The van der Waals surface area contributed by atoms with Crippen molar-refractivity contribution in [2.24, 2.45) is 5.73 Å². The van der Waals surface area contributed by atoms with E-state index >= 15 is 0 Å². The summed E-state index contributed by atoms with van der Waals surface area (Å²) in [7, 11) is -3.53. The molecule has 2 rings (SSSR count). The van der Waals surface area contributed by atoms with Crippen molar-refractivity contribution in [3.05, 3.63) is 34.8 Å². The number of aromatic nitrogens is 2. The number of thiophene rings is 1. The highest BCUT2D eigenvalue weighted by molar-refractivity contribution is 7.89. The monoisotopic (exact) mass is 328 g/mol. The van der Waals surface area contributed by atoms with Gasteiger partial charge in [-0.15, -0.1) is 11.3 Å². The molecule has 0 fully saturated rings. The van der Waals surface area contributed by atoms with E-state index in [1.165, 1.54) is 12.4 Å². The first-order valence-corrected chi connectivity index (χ1v) is 9.15. The zero-order chi connectivity index (χ0) is 15.3. The predicted octanol–water partition coefficient (Wildman–Crippen LogP) is 1.20. The van der Waals surface area contributed by atoms with Gasteiger partial charge in [0.1, 0.15) is 4.90 Å². The average Bonchev–Trinajstić information content (AvgIpc) is 3.06. The third-order valence-corrected chi connectivity index (χ3v) is 5.40. The molecule has 0 radical (unpaired) electrons. The van der Waals surface area contributed by atoms with E-state index in [0.29, 0.717) is 19.5 Å². The molecular weight excluding hydrogens is 308 g/mol. The van der Waals surface area contributed by atoms with E-state index in [0.717, 1.165) is 11.3 Å². The van der Waals surface area contributed by atoms with Gasteiger partial charge in [0, 0.05) is 23.7 Å². The van der Waals surface area contributed by atoms with Crippen LogP contribution in [0.5, 0.6) is 0 Å². The summed E-state index contributed by atoms with van der Waals surface area (Å²) in [4.78, 5) is 1.35. The van der Waals surface area contributed by atoms with Gasteiger partial charge in [0.05, 0.1) is 6.20 Å². The Hall–Kier alpha value is -1.22. The molecule has 1 atom stereocenters. The Bertz CT molecular complexity index is 650. The van der Waals surface area contributed by atoms with Crippen molar-refractivity contribution in [1.82, 2.24) is 14.5 Å². The number of nitrogens with two attached hydrogens (primary N) is 1. The van der Waals surface area contributed by atoms with Crippen molar-refractivity contribution in [3.8, 4) is 0 Å². The molecule has 8 heteroatoms. The van der Waals surface area contributed by atoms with Gasteiger partial charge in [-0.3, -0.25) is 4.68 Å². The Kier molecular flexibility index (Phi) is 5.51. The minimum Gasteiger partial charge on any atom is -0.330 e. The summed E-state index contributed by atoms with van der Waals surface area (Å²) < 4.78 is 28.8. The Morgan fingerprint density at radius 1 is 1.52 bits per heavy atom. The van der Waals surface area contributed by atoms with E-state index in [1.807, 2.05) is 24.4 Å². The second-order valence-electron chi connectivity index (χ2n) is 4.89. The van der Waals surface area contributed by atoms with Crippen LogP contribution in [0.1, 0.15) is 18.2 Å². The van der Waals surface area contributed by atoms with E-state index in [1.54, 1.807) is 16.0 Å². The van der Waals surface area contributed by atoms with Crippen molar-refractivity contribution in [3.63, 3.8) is 0 Å². The SMILES string of the molecule is CC(Cc1cccs1)NS(=O)(=O)c1cnn(CCCN)c1. The normalized spacial score (nSPS) is 13.4. The van der Waals surface area contributed by atoms with Crippen LogP contribution in [-0.2, 0) is 23.0 Å². The van der Waals surface area contributed by atoms with Crippen molar-refractivity contribution in [1.29, 1.82) is 0 Å². The first kappa shape index (κ1) is 16.2. The van der Waals surface area contributed by atoms with Crippen LogP contribution in [0.3, 0.4) is 0 Å². The van der Waals surface area contributed by atoms with Gasteiger partial charge in [0.15, 0.2) is 0 Å². The fourth-order valence-corrected chi connectivity index (χ4v) is 3.99. The van der Waals surface area contributed by atoms with Crippen LogP contribution < -0.4 is 10.5 Å². The van der Waals surface area contributed by atoms with Crippen LogP contribution in [0.15, 0.2) is 34.8 Å². The topological polar surface area (TPSA) is 90.0 Å². The molecule has 0 aromatic carbocycles.